The Morgan fingerprint density at radius 2 is 1.92 bits per heavy atom. The lowest BCUT2D eigenvalue weighted by Crippen LogP contribution is -2.38. The van der Waals surface area contributed by atoms with Gasteiger partial charge in [0, 0.05) is 12.5 Å². The first-order valence-electron chi connectivity index (χ1n) is 13.0. The molecular formula is C30H38N4O3S. The molecule has 0 bridgehead atoms. The van der Waals surface area contributed by atoms with Gasteiger partial charge in [-0.3, -0.25) is 4.79 Å². The van der Waals surface area contributed by atoms with Gasteiger partial charge in [0.15, 0.2) is 5.75 Å². The fourth-order valence-corrected chi connectivity index (χ4v) is 6.36. The number of nitrogens with one attached hydrogen (secondary N) is 1. The number of ether oxygens (including phenoxy) is 1. The van der Waals surface area contributed by atoms with E-state index in [1.165, 1.54) is 0 Å². The minimum Gasteiger partial charge on any atom is -0.593 e. The number of nitrogens with two attached hydrogens (primary N) is 2. The predicted octanol–water partition coefficient (Wildman–Crippen LogP) is 4.88. The SMILES string of the molecule is CCNc1ccc(C(c2ccc(C)c(CN3CCOc4ccccc4[S+]3[O-])c2)C(C)(C)C(N)=O)c(C)c1N. The first-order chi connectivity index (χ1) is 18.1. The Balaban J connectivity index is 1.76. The molecule has 202 valence electrons. The summed E-state index contributed by atoms with van der Waals surface area (Å²) in [4.78, 5) is 13.4. The Morgan fingerprint density at radius 3 is 2.63 bits per heavy atom. The first kappa shape index (κ1) is 27.8. The van der Waals surface area contributed by atoms with Crippen LogP contribution in [0.3, 0.4) is 0 Å². The standard InChI is InChI=1S/C30H38N4O3S/c1-6-33-24-14-13-23(20(3)28(24)31)27(30(4,5)29(32)35)21-12-11-19(2)22(17-21)18-34-15-16-37-25-9-7-8-10-26(25)38(34)36/h7-14,17,27,33H,6,15-16,18,31H2,1-5H3,(H2,32,35). The molecule has 3 aromatic carbocycles. The van der Waals surface area contributed by atoms with Gasteiger partial charge in [-0.05, 0) is 66.8 Å². The van der Waals surface area contributed by atoms with Gasteiger partial charge in [0.25, 0.3) is 0 Å². The smallest absolute Gasteiger partial charge is 0.224 e. The number of amides is 1. The van der Waals surface area contributed by atoms with E-state index in [1.807, 2.05) is 75.3 Å². The van der Waals surface area contributed by atoms with E-state index in [4.69, 9.17) is 16.2 Å². The molecule has 1 amide bonds. The molecule has 0 aliphatic carbocycles. The average Bonchev–Trinajstić information content (AvgIpc) is 3.04. The molecule has 8 heteroatoms. The summed E-state index contributed by atoms with van der Waals surface area (Å²) in [5.74, 6) is -0.0482. The van der Waals surface area contributed by atoms with Crippen molar-refractivity contribution in [2.24, 2.45) is 11.1 Å². The van der Waals surface area contributed by atoms with Crippen LogP contribution < -0.4 is 21.5 Å². The zero-order chi connectivity index (χ0) is 27.6. The number of hydrogen-bond donors (Lipinski definition) is 3. The van der Waals surface area contributed by atoms with Crippen LogP contribution in [0.5, 0.6) is 5.75 Å². The molecule has 5 N–H and O–H groups in total. The summed E-state index contributed by atoms with van der Waals surface area (Å²) in [6, 6.07) is 17.7. The number of para-hydroxylation sites is 1. The van der Waals surface area contributed by atoms with E-state index in [-0.39, 0.29) is 11.8 Å². The highest BCUT2D eigenvalue weighted by molar-refractivity contribution is 7.89. The van der Waals surface area contributed by atoms with Gasteiger partial charge in [0.2, 0.25) is 10.8 Å². The zero-order valence-corrected chi connectivity index (χ0v) is 23.7. The number of carbonyl (C=O) groups is 1. The first-order valence-corrected chi connectivity index (χ1v) is 14.1. The van der Waals surface area contributed by atoms with Gasteiger partial charge >= 0.3 is 0 Å². The Kier molecular flexibility index (Phi) is 8.25. The Labute approximate surface area is 228 Å². The Bertz CT molecular complexity index is 1330. The topological polar surface area (TPSA) is 117 Å². The van der Waals surface area contributed by atoms with Gasteiger partial charge in [-0.25, -0.2) is 0 Å². The number of carbonyl (C=O) groups excluding carboxylic acids is 1. The number of primary amides is 1. The van der Waals surface area contributed by atoms with Crippen LogP contribution in [0.25, 0.3) is 0 Å². The lowest BCUT2D eigenvalue weighted by atomic mass is 9.69. The number of nitrogen functional groups attached to an aromatic ring is 1. The second-order valence-electron chi connectivity index (χ2n) is 10.4. The second kappa shape index (κ2) is 11.3. The lowest BCUT2D eigenvalue weighted by Gasteiger charge is -2.34. The Hall–Kier alpha value is -3.20. The number of aryl methyl sites for hydroxylation is 1. The summed E-state index contributed by atoms with van der Waals surface area (Å²) in [7, 11) is 0. The molecule has 38 heavy (non-hydrogen) atoms. The third-order valence-electron chi connectivity index (χ3n) is 7.51. The van der Waals surface area contributed by atoms with Crippen molar-refractivity contribution >= 4 is 28.6 Å². The number of anilines is 2. The molecule has 1 aliphatic heterocycles. The molecular weight excluding hydrogens is 496 g/mol. The third-order valence-corrected chi connectivity index (χ3v) is 9.01. The highest BCUT2D eigenvalue weighted by Gasteiger charge is 2.39. The normalized spacial score (nSPS) is 16.7. The van der Waals surface area contributed by atoms with Crippen LogP contribution in [0.15, 0.2) is 59.5 Å². The number of rotatable bonds is 8. The maximum absolute atomic E-state index is 13.5. The third kappa shape index (κ3) is 5.34. The van der Waals surface area contributed by atoms with E-state index in [1.54, 1.807) is 0 Å². The van der Waals surface area contributed by atoms with E-state index in [2.05, 4.69) is 23.5 Å². The van der Waals surface area contributed by atoms with E-state index in [0.29, 0.717) is 36.0 Å². The summed E-state index contributed by atoms with van der Waals surface area (Å²) in [6.07, 6.45) is 0. The van der Waals surface area contributed by atoms with Gasteiger partial charge in [0.1, 0.15) is 6.61 Å². The van der Waals surface area contributed by atoms with Crippen molar-refractivity contribution in [3.63, 3.8) is 0 Å². The van der Waals surface area contributed by atoms with E-state index in [0.717, 1.165) is 40.0 Å². The van der Waals surface area contributed by atoms with Crippen molar-refractivity contribution in [1.29, 1.82) is 0 Å². The molecule has 1 heterocycles. The maximum atomic E-state index is 13.5. The van der Waals surface area contributed by atoms with Gasteiger partial charge < -0.3 is 26.1 Å². The predicted molar refractivity (Wildman–Crippen MR) is 155 cm³/mol. The fraction of sp³-hybridized carbons (Fsp3) is 0.367. The van der Waals surface area contributed by atoms with Crippen LogP contribution in [-0.2, 0) is 22.7 Å². The maximum Gasteiger partial charge on any atom is 0.224 e. The van der Waals surface area contributed by atoms with Crippen LogP contribution in [0.1, 0.15) is 54.5 Å². The van der Waals surface area contributed by atoms with E-state index < -0.39 is 16.8 Å². The summed E-state index contributed by atoms with van der Waals surface area (Å²) < 4.78 is 21.3. The molecule has 0 radical (unpaired) electrons. The van der Waals surface area contributed by atoms with Crippen LogP contribution in [-0.4, -0.2) is 34.5 Å². The Morgan fingerprint density at radius 1 is 1.18 bits per heavy atom. The van der Waals surface area contributed by atoms with Crippen molar-refractivity contribution in [2.75, 3.05) is 30.7 Å². The minimum absolute atomic E-state index is 0.323. The monoisotopic (exact) mass is 534 g/mol. The average molecular weight is 535 g/mol. The summed E-state index contributed by atoms with van der Waals surface area (Å²) in [6.45, 7) is 12.0. The van der Waals surface area contributed by atoms with Gasteiger partial charge in [0.05, 0.1) is 41.2 Å². The molecule has 0 spiro atoms. The number of benzene rings is 3. The van der Waals surface area contributed by atoms with Gasteiger partial charge in [-0.1, -0.05) is 50.2 Å². The highest BCUT2D eigenvalue weighted by atomic mass is 32.2. The van der Waals surface area contributed by atoms with Crippen LogP contribution in [0.2, 0.25) is 0 Å². The fourth-order valence-electron chi connectivity index (χ4n) is 5.09. The molecule has 0 aromatic heterocycles. The van der Waals surface area contributed by atoms with Gasteiger partial charge in [-0.15, -0.1) is 4.31 Å². The molecule has 2 unspecified atom stereocenters. The number of hydrogen-bond acceptors (Lipinski definition) is 6. The van der Waals surface area contributed by atoms with Crippen LogP contribution in [0.4, 0.5) is 11.4 Å². The molecule has 0 fully saturated rings. The van der Waals surface area contributed by atoms with Gasteiger partial charge in [-0.2, -0.15) is 0 Å². The summed E-state index contributed by atoms with van der Waals surface area (Å²) >= 11 is -1.36. The molecule has 3 aromatic rings. The number of fused-ring (bicyclic) bond motifs is 1. The van der Waals surface area contributed by atoms with Crippen molar-refractivity contribution in [2.45, 2.75) is 52.0 Å². The molecule has 2 atom stereocenters. The van der Waals surface area contributed by atoms with Crippen molar-refractivity contribution < 1.29 is 14.1 Å². The second-order valence-corrected chi connectivity index (χ2v) is 11.8. The van der Waals surface area contributed by atoms with Crippen LogP contribution >= 0.6 is 0 Å². The molecule has 4 rings (SSSR count). The zero-order valence-electron chi connectivity index (χ0n) is 22.8. The van der Waals surface area contributed by atoms with E-state index >= 15 is 0 Å². The minimum atomic E-state index is -1.36. The van der Waals surface area contributed by atoms with Crippen molar-refractivity contribution in [1.82, 2.24) is 4.31 Å². The molecule has 7 nitrogen and oxygen atoms in total. The molecule has 0 saturated carbocycles. The largest absolute Gasteiger partial charge is 0.593 e. The van der Waals surface area contributed by atoms with Crippen molar-refractivity contribution in [3.8, 4) is 5.75 Å². The lowest BCUT2D eigenvalue weighted by molar-refractivity contribution is -0.126. The summed E-state index contributed by atoms with van der Waals surface area (Å²) in [5, 5.41) is 3.30. The van der Waals surface area contributed by atoms with Crippen molar-refractivity contribution in [3.05, 3.63) is 82.4 Å². The highest BCUT2D eigenvalue weighted by Crippen LogP contribution is 2.44. The van der Waals surface area contributed by atoms with Crippen LogP contribution in [0, 0.1) is 19.3 Å². The molecule has 1 aliphatic rings. The quantitative estimate of drug-likeness (QED) is 0.280. The summed E-state index contributed by atoms with van der Waals surface area (Å²) in [5.41, 5.74) is 18.1. The molecule has 0 saturated heterocycles. The van der Waals surface area contributed by atoms with E-state index in [9.17, 15) is 9.35 Å². The number of nitrogens with zero attached hydrogens (tertiary/aromatic N) is 1.